The lowest BCUT2D eigenvalue weighted by atomic mass is 9.99. The van der Waals surface area contributed by atoms with Crippen LogP contribution >= 0.6 is 0 Å². The van der Waals surface area contributed by atoms with Gasteiger partial charge in [-0.3, -0.25) is 0 Å². The Labute approximate surface area is 114 Å². The van der Waals surface area contributed by atoms with Gasteiger partial charge in [-0.2, -0.15) is 0 Å². The average molecular weight is 267 g/mol. The molecule has 1 atom stereocenters. The summed E-state index contributed by atoms with van der Waals surface area (Å²) >= 11 is 0. The molecule has 0 aliphatic rings. The SMILES string of the molecule is CC(C)c1c(NN)ncnc1NC(CCO)C(C)C. The molecule has 1 rings (SSSR count). The third kappa shape index (κ3) is 4.04. The molecule has 19 heavy (non-hydrogen) atoms. The maximum atomic E-state index is 9.14. The second-order valence-electron chi connectivity index (χ2n) is 5.29. The number of aliphatic hydroxyl groups is 1. The molecule has 5 N–H and O–H groups in total. The van der Waals surface area contributed by atoms with Crippen LogP contribution in [-0.2, 0) is 0 Å². The molecule has 6 heteroatoms. The molecule has 0 amide bonds. The Morgan fingerprint density at radius 2 is 1.84 bits per heavy atom. The van der Waals surface area contributed by atoms with Crippen molar-refractivity contribution < 1.29 is 5.11 Å². The Morgan fingerprint density at radius 3 is 2.32 bits per heavy atom. The molecule has 0 aliphatic carbocycles. The molecule has 0 bridgehead atoms. The number of rotatable bonds is 7. The van der Waals surface area contributed by atoms with E-state index < -0.39 is 0 Å². The third-order valence-corrected chi connectivity index (χ3v) is 3.16. The van der Waals surface area contributed by atoms with E-state index in [-0.39, 0.29) is 18.6 Å². The van der Waals surface area contributed by atoms with Gasteiger partial charge in [0.1, 0.15) is 18.0 Å². The van der Waals surface area contributed by atoms with Crippen molar-refractivity contribution in [3.05, 3.63) is 11.9 Å². The molecule has 0 aliphatic heterocycles. The van der Waals surface area contributed by atoms with Crippen molar-refractivity contribution >= 4 is 11.6 Å². The van der Waals surface area contributed by atoms with Crippen molar-refractivity contribution in [1.82, 2.24) is 9.97 Å². The van der Waals surface area contributed by atoms with Gasteiger partial charge in [-0.05, 0) is 18.3 Å². The highest BCUT2D eigenvalue weighted by molar-refractivity contribution is 5.58. The first-order valence-electron chi connectivity index (χ1n) is 6.70. The van der Waals surface area contributed by atoms with Crippen LogP contribution in [0.5, 0.6) is 0 Å². The fourth-order valence-corrected chi connectivity index (χ4v) is 2.06. The van der Waals surface area contributed by atoms with E-state index in [9.17, 15) is 0 Å². The van der Waals surface area contributed by atoms with Gasteiger partial charge in [0.15, 0.2) is 0 Å². The summed E-state index contributed by atoms with van der Waals surface area (Å²) in [6, 6.07) is 0.169. The molecular weight excluding hydrogens is 242 g/mol. The molecule has 6 nitrogen and oxygen atoms in total. The molecule has 0 spiro atoms. The van der Waals surface area contributed by atoms with Gasteiger partial charge in [-0.1, -0.05) is 27.7 Å². The van der Waals surface area contributed by atoms with Crippen molar-refractivity contribution in [3.8, 4) is 0 Å². The van der Waals surface area contributed by atoms with Crippen molar-refractivity contribution in [1.29, 1.82) is 0 Å². The van der Waals surface area contributed by atoms with Gasteiger partial charge in [0.2, 0.25) is 0 Å². The zero-order valence-electron chi connectivity index (χ0n) is 12.1. The maximum absolute atomic E-state index is 9.14. The number of aliphatic hydroxyl groups excluding tert-OH is 1. The predicted octanol–water partition coefficient (Wildman–Crippen LogP) is 1.70. The summed E-state index contributed by atoms with van der Waals surface area (Å²) in [6.45, 7) is 8.53. The van der Waals surface area contributed by atoms with Crippen LogP contribution in [0.3, 0.4) is 0 Å². The summed E-state index contributed by atoms with van der Waals surface area (Å²) in [7, 11) is 0. The smallest absolute Gasteiger partial charge is 0.148 e. The Hall–Kier alpha value is -1.40. The topological polar surface area (TPSA) is 96.1 Å². The molecule has 108 valence electrons. The van der Waals surface area contributed by atoms with Crippen LogP contribution in [0.25, 0.3) is 0 Å². The zero-order valence-corrected chi connectivity index (χ0v) is 12.1. The molecule has 1 aromatic heterocycles. The van der Waals surface area contributed by atoms with Crippen molar-refractivity contribution in [2.75, 3.05) is 17.3 Å². The van der Waals surface area contributed by atoms with Crippen molar-refractivity contribution in [3.63, 3.8) is 0 Å². The van der Waals surface area contributed by atoms with E-state index in [2.05, 4.69) is 48.4 Å². The summed E-state index contributed by atoms with van der Waals surface area (Å²) in [4.78, 5) is 8.45. The predicted molar refractivity (Wildman–Crippen MR) is 77.9 cm³/mol. The minimum absolute atomic E-state index is 0.153. The highest BCUT2D eigenvalue weighted by Crippen LogP contribution is 2.29. The monoisotopic (exact) mass is 267 g/mol. The van der Waals surface area contributed by atoms with Crippen LogP contribution in [0.15, 0.2) is 6.33 Å². The fraction of sp³-hybridized carbons (Fsp3) is 0.692. The fourth-order valence-electron chi connectivity index (χ4n) is 2.06. The third-order valence-electron chi connectivity index (χ3n) is 3.16. The Bertz CT molecular complexity index is 395. The summed E-state index contributed by atoms with van der Waals surface area (Å²) in [5.41, 5.74) is 3.58. The number of nitrogen functional groups attached to an aromatic ring is 1. The van der Waals surface area contributed by atoms with Crippen LogP contribution in [0.1, 0.15) is 45.6 Å². The molecule has 0 saturated carbocycles. The first-order chi connectivity index (χ1) is 9.01. The second-order valence-corrected chi connectivity index (χ2v) is 5.29. The van der Waals surface area contributed by atoms with E-state index in [1.807, 2.05) is 0 Å². The van der Waals surface area contributed by atoms with E-state index in [4.69, 9.17) is 10.9 Å². The molecule has 0 fully saturated rings. The van der Waals surface area contributed by atoms with E-state index in [0.29, 0.717) is 18.2 Å². The first-order valence-corrected chi connectivity index (χ1v) is 6.70. The second kappa shape index (κ2) is 7.25. The molecule has 0 aromatic carbocycles. The summed E-state index contributed by atoms with van der Waals surface area (Å²) in [5.74, 6) is 7.57. The Morgan fingerprint density at radius 1 is 1.21 bits per heavy atom. The summed E-state index contributed by atoms with van der Waals surface area (Å²) in [5, 5.41) is 12.5. The number of aromatic nitrogens is 2. The number of anilines is 2. The number of hydrogen-bond acceptors (Lipinski definition) is 6. The van der Waals surface area contributed by atoms with Gasteiger partial charge >= 0.3 is 0 Å². The van der Waals surface area contributed by atoms with Crippen LogP contribution in [-0.4, -0.2) is 27.7 Å². The van der Waals surface area contributed by atoms with Gasteiger partial charge in [0.25, 0.3) is 0 Å². The first kappa shape index (κ1) is 15.7. The van der Waals surface area contributed by atoms with Gasteiger partial charge in [0.05, 0.1) is 0 Å². The minimum atomic E-state index is 0.153. The number of hydrazine groups is 1. The van der Waals surface area contributed by atoms with E-state index >= 15 is 0 Å². The van der Waals surface area contributed by atoms with E-state index in [1.54, 1.807) is 0 Å². The number of nitrogens with zero attached hydrogens (tertiary/aromatic N) is 2. The van der Waals surface area contributed by atoms with E-state index in [1.165, 1.54) is 6.33 Å². The van der Waals surface area contributed by atoms with Gasteiger partial charge in [-0.15, -0.1) is 0 Å². The number of nitrogens with two attached hydrogens (primary N) is 1. The lowest BCUT2D eigenvalue weighted by molar-refractivity contribution is 0.267. The molecule has 0 saturated heterocycles. The van der Waals surface area contributed by atoms with Gasteiger partial charge < -0.3 is 15.8 Å². The lowest BCUT2D eigenvalue weighted by Gasteiger charge is -2.25. The van der Waals surface area contributed by atoms with Crippen molar-refractivity contribution in [2.45, 2.75) is 46.1 Å². The lowest BCUT2D eigenvalue weighted by Crippen LogP contribution is -2.28. The highest BCUT2D eigenvalue weighted by Gasteiger charge is 2.19. The summed E-state index contributed by atoms with van der Waals surface area (Å²) in [6.07, 6.45) is 2.17. The van der Waals surface area contributed by atoms with E-state index in [0.717, 1.165) is 11.4 Å². The van der Waals surface area contributed by atoms with Crippen LogP contribution < -0.4 is 16.6 Å². The van der Waals surface area contributed by atoms with Gasteiger partial charge in [0, 0.05) is 18.2 Å². The highest BCUT2D eigenvalue weighted by atomic mass is 16.3. The molecule has 0 radical (unpaired) electrons. The largest absolute Gasteiger partial charge is 0.396 e. The molecular formula is C13H25N5O. The number of nitrogens with one attached hydrogen (secondary N) is 2. The standard InChI is InChI=1S/C13H25N5O/c1-8(2)10(5-6-19)17-12-11(9(3)4)13(18-14)16-7-15-12/h7-10,19H,5-6,14H2,1-4H3,(H2,15,16,17,18). The van der Waals surface area contributed by atoms with Crippen LogP contribution in [0, 0.1) is 5.92 Å². The van der Waals surface area contributed by atoms with Crippen molar-refractivity contribution in [2.24, 2.45) is 11.8 Å². The maximum Gasteiger partial charge on any atom is 0.148 e. The Kier molecular flexibility index (Phi) is 5.98. The Balaban J connectivity index is 3.05. The molecule has 1 aromatic rings. The molecule has 1 unspecified atom stereocenters. The molecule has 1 heterocycles. The zero-order chi connectivity index (χ0) is 14.4. The normalized spacial score (nSPS) is 12.8. The quantitative estimate of drug-likeness (QED) is 0.443. The minimum Gasteiger partial charge on any atom is -0.396 e. The average Bonchev–Trinajstić information content (AvgIpc) is 2.37. The van der Waals surface area contributed by atoms with Gasteiger partial charge in [-0.25, -0.2) is 15.8 Å². The number of hydrogen-bond donors (Lipinski definition) is 4. The summed E-state index contributed by atoms with van der Waals surface area (Å²) < 4.78 is 0. The van der Waals surface area contributed by atoms with Crippen LogP contribution in [0.2, 0.25) is 0 Å². The van der Waals surface area contributed by atoms with Crippen LogP contribution in [0.4, 0.5) is 11.6 Å².